The van der Waals surface area contributed by atoms with Gasteiger partial charge in [0.1, 0.15) is 11.3 Å². The second kappa shape index (κ2) is 14.7. The molecule has 0 saturated carbocycles. The maximum atomic E-state index is 13.9. The highest BCUT2D eigenvalue weighted by molar-refractivity contribution is 7.17. The van der Waals surface area contributed by atoms with Crippen LogP contribution >= 0.6 is 11.3 Å². The molecule has 0 spiro atoms. The molecule has 0 atom stereocenters. The van der Waals surface area contributed by atoms with Crippen LogP contribution in [0.3, 0.4) is 0 Å². The van der Waals surface area contributed by atoms with E-state index in [2.05, 4.69) is 4.98 Å². The molecule has 7 nitrogen and oxygen atoms in total. The van der Waals surface area contributed by atoms with Crippen molar-refractivity contribution in [3.05, 3.63) is 136 Å². The van der Waals surface area contributed by atoms with Crippen LogP contribution in [0.15, 0.2) is 101 Å². The highest BCUT2D eigenvalue weighted by atomic mass is 32.1. The van der Waals surface area contributed by atoms with Crippen molar-refractivity contribution in [2.75, 3.05) is 7.05 Å². The number of hydrogen-bond donors (Lipinski definition) is 0. The first-order valence-corrected chi connectivity index (χ1v) is 16.7. The first-order valence-electron chi connectivity index (χ1n) is 15.9. The van der Waals surface area contributed by atoms with Crippen molar-refractivity contribution in [1.29, 1.82) is 0 Å². The fourth-order valence-corrected chi connectivity index (χ4v) is 6.63. The van der Waals surface area contributed by atoms with Gasteiger partial charge in [-0.25, -0.2) is 4.98 Å². The third kappa shape index (κ3) is 7.96. The van der Waals surface area contributed by atoms with Crippen LogP contribution in [-0.2, 0) is 19.3 Å². The van der Waals surface area contributed by atoms with E-state index in [1.54, 1.807) is 77.9 Å². The number of ketones is 4. The number of thiophene rings is 1. The van der Waals surface area contributed by atoms with E-state index in [1.807, 2.05) is 23.6 Å². The average molecular weight is 697 g/mol. The molecule has 0 fully saturated rings. The van der Waals surface area contributed by atoms with E-state index >= 15 is 0 Å². The van der Waals surface area contributed by atoms with Gasteiger partial charge in [0.25, 0.3) is 0 Å². The summed E-state index contributed by atoms with van der Waals surface area (Å²) in [6.07, 6.45) is -4.00. The molecule has 6 aromatic rings. The van der Waals surface area contributed by atoms with Gasteiger partial charge < -0.3 is 4.42 Å². The summed E-state index contributed by atoms with van der Waals surface area (Å²) in [4.78, 5) is 57.9. The molecule has 254 valence electrons. The second-order valence-electron chi connectivity index (χ2n) is 12.1. The zero-order valence-electron chi connectivity index (χ0n) is 27.0. The summed E-state index contributed by atoms with van der Waals surface area (Å²) in [6.45, 7) is 0.334. The Balaban J connectivity index is 1.10. The number of alkyl halides is 3. The van der Waals surface area contributed by atoms with Gasteiger partial charge in [0, 0.05) is 65.5 Å². The van der Waals surface area contributed by atoms with E-state index in [0.29, 0.717) is 33.2 Å². The number of halogens is 3. The lowest BCUT2D eigenvalue weighted by molar-refractivity contribution is -0.138. The summed E-state index contributed by atoms with van der Waals surface area (Å²) in [6, 6.07) is 23.0. The Morgan fingerprint density at radius 3 is 2.18 bits per heavy atom. The Morgan fingerprint density at radius 1 is 0.740 bits per heavy atom. The van der Waals surface area contributed by atoms with E-state index in [-0.39, 0.29) is 55.4 Å². The largest absolute Gasteiger partial charge is 0.464 e. The van der Waals surface area contributed by atoms with Crippen molar-refractivity contribution in [2.24, 2.45) is 0 Å². The average Bonchev–Trinajstić information content (AvgIpc) is 3.78. The van der Waals surface area contributed by atoms with E-state index in [9.17, 15) is 32.3 Å². The fraction of sp³-hybridized carbons (Fsp3) is 0.205. The van der Waals surface area contributed by atoms with Crippen molar-refractivity contribution >= 4 is 55.5 Å². The quantitative estimate of drug-likeness (QED) is 0.105. The number of pyridine rings is 1. The molecule has 11 heteroatoms. The zero-order valence-corrected chi connectivity index (χ0v) is 27.8. The number of carbonyl (C=O) groups is 4. The van der Waals surface area contributed by atoms with E-state index in [0.717, 1.165) is 16.2 Å². The van der Waals surface area contributed by atoms with Gasteiger partial charge in [-0.05, 0) is 84.0 Å². The maximum absolute atomic E-state index is 13.9. The molecule has 0 amide bonds. The van der Waals surface area contributed by atoms with Crippen molar-refractivity contribution in [2.45, 2.75) is 44.9 Å². The van der Waals surface area contributed by atoms with Gasteiger partial charge in [0.05, 0.1) is 17.5 Å². The minimum absolute atomic E-state index is 0.0214. The molecule has 0 radical (unpaired) electrons. The van der Waals surface area contributed by atoms with Crippen LogP contribution in [-0.4, -0.2) is 40.1 Å². The number of furan rings is 1. The van der Waals surface area contributed by atoms with Crippen molar-refractivity contribution in [3.63, 3.8) is 0 Å². The van der Waals surface area contributed by atoms with Gasteiger partial charge in [-0.2, -0.15) is 13.2 Å². The van der Waals surface area contributed by atoms with E-state index in [1.165, 1.54) is 12.3 Å². The predicted octanol–water partition coefficient (Wildman–Crippen LogP) is 9.38. The topological polar surface area (TPSA) is 97.6 Å². The van der Waals surface area contributed by atoms with Gasteiger partial charge in [0.15, 0.2) is 23.1 Å². The zero-order chi connectivity index (χ0) is 35.4. The van der Waals surface area contributed by atoms with Crippen LogP contribution in [0.4, 0.5) is 13.2 Å². The molecule has 3 aromatic heterocycles. The molecule has 3 aromatic carbocycles. The molecule has 50 heavy (non-hydrogen) atoms. The molecule has 0 aliphatic rings. The number of rotatable bonds is 14. The molecular weight excluding hydrogens is 665 g/mol. The van der Waals surface area contributed by atoms with Crippen LogP contribution in [0.5, 0.6) is 0 Å². The second-order valence-corrected chi connectivity index (χ2v) is 13.0. The van der Waals surface area contributed by atoms with Crippen LogP contribution in [0, 0.1) is 0 Å². The number of Topliss-reactive ketones (excluding diaryl/α,β-unsaturated/α-hetero) is 4. The third-order valence-electron chi connectivity index (χ3n) is 8.42. The molecule has 6 rings (SSSR count). The lowest BCUT2D eigenvalue weighted by atomic mass is 9.97. The van der Waals surface area contributed by atoms with Gasteiger partial charge in [-0.1, -0.05) is 24.3 Å². The van der Waals surface area contributed by atoms with Gasteiger partial charge in [0.2, 0.25) is 0 Å². The SMILES string of the molecule is CN(Cc1ccc(C(F)(F)F)c(C(=O)CCC(=O)c2ccc3occc3c2)n1)Cc1ccccc1C(=O)CCC(=O)c1ccc2sccc2c1. The van der Waals surface area contributed by atoms with Gasteiger partial charge in [-0.15, -0.1) is 11.3 Å². The highest BCUT2D eigenvalue weighted by Crippen LogP contribution is 2.32. The summed E-state index contributed by atoms with van der Waals surface area (Å²) >= 11 is 1.59. The Bertz CT molecular complexity index is 2240. The minimum atomic E-state index is -4.82. The smallest absolute Gasteiger partial charge is 0.418 e. The van der Waals surface area contributed by atoms with Crippen molar-refractivity contribution in [3.8, 4) is 0 Å². The van der Waals surface area contributed by atoms with Crippen molar-refractivity contribution in [1.82, 2.24) is 9.88 Å². The lowest BCUT2D eigenvalue weighted by Crippen LogP contribution is -2.22. The third-order valence-corrected chi connectivity index (χ3v) is 9.32. The molecule has 0 aliphatic heterocycles. The molecule has 3 heterocycles. The number of benzene rings is 3. The Hall–Kier alpha value is -5.26. The monoisotopic (exact) mass is 696 g/mol. The Kier molecular flexibility index (Phi) is 10.2. The molecule has 0 bridgehead atoms. The van der Waals surface area contributed by atoms with Crippen LogP contribution in [0.2, 0.25) is 0 Å². The van der Waals surface area contributed by atoms with Crippen LogP contribution in [0.1, 0.15) is 84.1 Å². The number of hydrogen-bond acceptors (Lipinski definition) is 8. The molecule has 0 N–H and O–H groups in total. The van der Waals surface area contributed by atoms with E-state index < -0.39 is 29.6 Å². The molecule has 0 aliphatic carbocycles. The molecule has 0 unspecified atom stereocenters. The van der Waals surface area contributed by atoms with Crippen LogP contribution < -0.4 is 0 Å². The number of carbonyl (C=O) groups excluding carboxylic acids is 4. The summed E-state index contributed by atoms with van der Waals surface area (Å²) in [7, 11) is 1.72. The molecule has 0 saturated heterocycles. The van der Waals surface area contributed by atoms with Gasteiger partial charge >= 0.3 is 6.18 Å². The van der Waals surface area contributed by atoms with Crippen molar-refractivity contribution < 1.29 is 36.8 Å². The first-order chi connectivity index (χ1) is 24.0. The number of fused-ring (bicyclic) bond motifs is 2. The normalized spacial score (nSPS) is 11.8. The Morgan fingerprint density at radius 2 is 1.42 bits per heavy atom. The predicted molar refractivity (Wildman–Crippen MR) is 185 cm³/mol. The minimum Gasteiger partial charge on any atom is -0.464 e. The Labute approximate surface area is 289 Å². The summed E-state index contributed by atoms with van der Waals surface area (Å²) in [5, 5.41) is 3.64. The maximum Gasteiger partial charge on any atom is 0.418 e. The highest BCUT2D eigenvalue weighted by Gasteiger charge is 2.36. The van der Waals surface area contributed by atoms with Crippen LogP contribution in [0.25, 0.3) is 21.1 Å². The summed E-state index contributed by atoms with van der Waals surface area (Å²) in [5.41, 5.74) is 0.920. The standard InChI is InChI=1S/C39H31F3N2O5S/c1-44(22-28-4-2-3-5-30(28)34(47)12-10-32(45)25-7-15-37-27(21-25)17-19-50-37)23-29-8-9-31(39(40,41)42)38(43-29)35(48)13-11-33(46)24-6-14-36-26(20-24)16-18-49-36/h2-9,14-21H,10-13,22-23H2,1H3. The summed E-state index contributed by atoms with van der Waals surface area (Å²) in [5.74, 6) is -1.60. The first kappa shape index (κ1) is 34.6. The summed E-state index contributed by atoms with van der Waals surface area (Å²) < 4.78 is 48.1. The van der Waals surface area contributed by atoms with E-state index in [4.69, 9.17) is 4.42 Å². The van der Waals surface area contributed by atoms with Gasteiger partial charge in [-0.3, -0.25) is 24.1 Å². The number of aromatic nitrogens is 1. The lowest BCUT2D eigenvalue weighted by Gasteiger charge is -2.19. The number of nitrogens with zero attached hydrogens (tertiary/aromatic N) is 2. The molecular formula is C39H31F3N2O5S. The fourth-order valence-electron chi connectivity index (χ4n) is 5.86.